The number of unbranched alkanes of at least 4 members (excludes halogenated alkanes) is 2. The molecule has 1 N–H and O–H groups in total. The van der Waals surface area contributed by atoms with E-state index >= 15 is 0 Å². The Balaban J connectivity index is 2.76. The minimum absolute atomic E-state index is 0.389. The molecule has 0 bridgehead atoms. The summed E-state index contributed by atoms with van der Waals surface area (Å²) in [7, 11) is -3.34. The molecular formula is C13H21NO2S. The van der Waals surface area contributed by atoms with E-state index in [4.69, 9.17) is 0 Å². The molecule has 4 heteroatoms. The second kappa shape index (κ2) is 6.17. The van der Waals surface area contributed by atoms with Gasteiger partial charge >= 0.3 is 0 Å². The molecule has 0 spiro atoms. The van der Waals surface area contributed by atoms with Gasteiger partial charge in [-0.1, -0.05) is 37.5 Å². The molecule has 0 aromatic heterocycles. The summed E-state index contributed by atoms with van der Waals surface area (Å²) in [6.07, 6.45) is 3.03. The third-order valence-electron chi connectivity index (χ3n) is 2.69. The van der Waals surface area contributed by atoms with Gasteiger partial charge < -0.3 is 0 Å². The molecule has 0 heterocycles. The number of benzene rings is 1. The van der Waals surface area contributed by atoms with E-state index in [9.17, 15) is 8.42 Å². The number of rotatable bonds is 6. The Bertz CT molecular complexity index is 466. The first-order chi connectivity index (χ1) is 7.97. The van der Waals surface area contributed by atoms with Crippen LogP contribution in [0.4, 0.5) is 0 Å². The molecule has 1 aromatic carbocycles. The Morgan fingerprint density at radius 2 is 1.88 bits per heavy atom. The SMILES string of the molecule is CCCCCNS(=O)(=O)c1ccc(C)cc1C. The van der Waals surface area contributed by atoms with Crippen molar-refractivity contribution in [2.24, 2.45) is 0 Å². The van der Waals surface area contributed by atoms with E-state index in [2.05, 4.69) is 11.6 Å². The molecule has 0 saturated carbocycles. The van der Waals surface area contributed by atoms with Crippen molar-refractivity contribution in [2.75, 3.05) is 6.54 Å². The normalized spacial score (nSPS) is 11.7. The van der Waals surface area contributed by atoms with Crippen LogP contribution in [0.1, 0.15) is 37.3 Å². The third kappa shape index (κ3) is 4.13. The maximum absolute atomic E-state index is 12.0. The van der Waals surface area contributed by atoms with Gasteiger partial charge in [0.25, 0.3) is 0 Å². The lowest BCUT2D eigenvalue weighted by molar-refractivity contribution is 0.575. The molecule has 0 saturated heterocycles. The highest BCUT2D eigenvalue weighted by molar-refractivity contribution is 7.89. The zero-order valence-electron chi connectivity index (χ0n) is 10.8. The summed E-state index contributed by atoms with van der Waals surface area (Å²) >= 11 is 0. The largest absolute Gasteiger partial charge is 0.240 e. The van der Waals surface area contributed by atoms with Crippen molar-refractivity contribution in [3.05, 3.63) is 29.3 Å². The zero-order valence-corrected chi connectivity index (χ0v) is 11.6. The third-order valence-corrected chi connectivity index (χ3v) is 4.31. The van der Waals surface area contributed by atoms with Gasteiger partial charge in [-0.3, -0.25) is 0 Å². The fourth-order valence-electron chi connectivity index (χ4n) is 1.76. The maximum atomic E-state index is 12.0. The summed E-state index contributed by atoms with van der Waals surface area (Å²) in [6.45, 7) is 6.40. The standard InChI is InChI=1S/C13H21NO2S/c1-4-5-6-9-14-17(15,16)13-8-7-11(2)10-12(13)3/h7-8,10,14H,4-6,9H2,1-3H3. The smallest absolute Gasteiger partial charge is 0.211 e. The number of hydrogen-bond donors (Lipinski definition) is 1. The van der Waals surface area contributed by atoms with Crippen molar-refractivity contribution in [1.29, 1.82) is 0 Å². The van der Waals surface area contributed by atoms with Crippen LogP contribution in [-0.2, 0) is 10.0 Å². The molecule has 0 fully saturated rings. The second-order valence-electron chi connectivity index (χ2n) is 4.37. The van der Waals surface area contributed by atoms with E-state index < -0.39 is 10.0 Å². The summed E-state index contributed by atoms with van der Waals surface area (Å²) in [6, 6.07) is 5.39. The van der Waals surface area contributed by atoms with Crippen LogP contribution >= 0.6 is 0 Å². The molecular weight excluding hydrogens is 234 g/mol. The molecule has 17 heavy (non-hydrogen) atoms. The number of hydrogen-bond acceptors (Lipinski definition) is 2. The van der Waals surface area contributed by atoms with Crippen LogP contribution in [0.25, 0.3) is 0 Å². The minimum atomic E-state index is -3.34. The quantitative estimate of drug-likeness (QED) is 0.794. The molecule has 96 valence electrons. The Morgan fingerprint density at radius 1 is 1.18 bits per heavy atom. The predicted molar refractivity (Wildman–Crippen MR) is 70.6 cm³/mol. The van der Waals surface area contributed by atoms with Crippen LogP contribution in [0.5, 0.6) is 0 Å². The van der Waals surface area contributed by atoms with Crippen LogP contribution in [0.15, 0.2) is 23.1 Å². The molecule has 1 rings (SSSR count). The maximum Gasteiger partial charge on any atom is 0.240 e. The molecule has 3 nitrogen and oxygen atoms in total. The summed E-state index contributed by atoms with van der Waals surface area (Å²) in [5, 5.41) is 0. The molecule has 0 radical (unpaired) electrons. The van der Waals surface area contributed by atoms with Crippen molar-refractivity contribution in [1.82, 2.24) is 4.72 Å². The van der Waals surface area contributed by atoms with E-state index in [0.29, 0.717) is 11.4 Å². The Morgan fingerprint density at radius 3 is 2.47 bits per heavy atom. The van der Waals surface area contributed by atoms with Crippen LogP contribution in [0, 0.1) is 13.8 Å². The molecule has 0 atom stereocenters. The van der Waals surface area contributed by atoms with Gasteiger partial charge in [-0.2, -0.15) is 0 Å². The van der Waals surface area contributed by atoms with Gasteiger partial charge in [0.15, 0.2) is 0 Å². The first-order valence-corrected chi connectivity index (χ1v) is 7.52. The van der Waals surface area contributed by atoms with Gasteiger partial charge in [0.05, 0.1) is 4.90 Å². The average Bonchev–Trinajstić information content (AvgIpc) is 2.24. The zero-order chi connectivity index (χ0) is 12.9. The van der Waals surface area contributed by atoms with Crippen LogP contribution in [0.2, 0.25) is 0 Å². The van der Waals surface area contributed by atoms with Gasteiger partial charge in [0.2, 0.25) is 10.0 Å². The Labute approximate surface area is 104 Å². The minimum Gasteiger partial charge on any atom is -0.211 e. The average molecular weight is 255 g/mol. The lowest BCUT2D eigenvalue weighted by Gasteiger charge is -2.09. The molecule has 0 aliphatic heterocycles. The van der Waals surface area contributed by atoms with Crippen molar-refractivity contribution in [2.45, 2.75) is 44.9 Å². The molecule has 0 aliphatic rings. The van der Waals surface area contributed by atoms with E-state index in [0.717, 1.165) is 30.4 Å². The topological polar surface area (TPSA) is 46.2 Å². The van der Waals surface area contributed by atoms with Crippen molar-refractivity contribution in [3.63, 3.8) is 0 Å². The Kier molecular flexibility index (Phi) is 5.15. The van der Waals surface area contributed by atoms with E-state index in [1.165, 1.54) is 0 Å². The van der Waals surface area contributed by atoms with Gasteiger partial charge in [0.1, 0.15) is 0 Å². The molecule has 0 unspecified atom stereocenters. The fraction of sp³-hybridized carbons (Fsp3) is 0.538. The highest BCUT2D eigenvalue weighted by Crippen LogP contribution is 2.16. The predicted octanol–water partition coefficient (Wildman–Crippen LogP) is 2.77. The summed E-state index contributed by atoms with van der Waals surface area (Å²) < 4.78 is 26.7. The van der Waals surface area contributed by atoms with Gasteiger partial charge in [-0.05, 0) is 31.9 Å². The van der Waals surface area contributed by atoms with Crippen LogP contribution in [-0.4, -0.2) is 15.0 Å². The highest BCUT2D eigenvalue weighted by atomic mass is 32.2. The van der Waals surface area contributed by atoms with E-state index in [1.807, 2.05) is 26.0 Å². The molecule has 1 aromatic rings. The van der Waals surface area contributed by atoms with Gasteiger partial charge in [0, 0.05) is 6.54 Å². The lowest BCUT2D eigenvalue weighted by atomic mass is 10.2. The first-order valence-electron chi connectivity index (χ1n) is 6.04. The van der Waals surface area contributed by atoms with Crippen LogP contribution < -0.4 is 4.72 Å². The van der Waals surface area contributed by atoms with E-state index in [-0.39, 0.29) is 0 Å². The second-order valence-corrected chi connectivity index (χ2v) is 6.11. The number of nitrogens with one attached hydrogen (secondary N) is 1. The molecule has 0 amide bonds. The van der Waals surface area contributed by atoms with Crippen molar-refractivity contribution >= 4 is 10.0 Å². The summed E-state index contributed by atoms with van der Waals surface area (Å²) in [5.74, 6) is 0. The van der Waals surface area contributed by atoms with Crippen molar-refractivity contribution < 1.29 is 8.42 Å². The van der Waals surface area contributed by atoms with E-state index in [1.54, 1.807) is 6.07 Å². The fourth-order valence-corrected chi connectivity index (χ4v) is 3.06. The van der Waals surface area contributed by atoms with Crippen molar-refractivity contribution in [3.8, 4) is 0 Å². The summed E-state index contributed by atoms with van der Waals surface area (Å²) in [5.41, 5.74) is 1.88. The number of sulfonamides is 1. The van der Waals surface area contributed by atoms with Crippen LogP contribution in [0.3, 0.4) is 0 Å². The summed E-state index contributed by atoms with van der Waals surface area (Å²) in [4.78, 5) is 0.389. The highest BCUT2D eigenvalue weighted by Gasteiger charge is 2.15. The van der Waals surface area contributed by atoms with Gasteiger partial charge in [-0.25, -0.2) is 13.1 Å². The monoisotopic (exact) mass is 255 g/mol. The first kappa shape index (κ1) is 14.2. The van der Waals surface area contributed by atoms with Gasteiger partial charge in [-0.15, -0.1) is 0 Å². The number of aryl methyl sites for hydroxylation is 2. The lowest BCUT2D eigenvalue weighted by Crippen LogP contribution is -2.25. The Hall–Kier alpha value is -0.870. The molecule has 0 aliphatic carbocycles.